The molecular weight excluding hydrogens is 188 g/mol. The molecule has 0 saturated heterocycles. The Hall–Kier alpha value is -1.05. The maximum Gasteiger partial charge on any atom is 0.310 e. The molecule has 0 aliphatic rings. The van der Waals surface area contributed by atoms with Gasteiger partial charge in [-0.15, -0.1) is 6.58 Å². The molecule has 0 heterocycles. The molecule has 0 amide bonds. The van der Waals surface area contributed by atoms with E-state index in [0.717, 1.165) is 19.3 Å². The van der Waals surface area contributed by atoms with E-state index in [1.165, 1.54) is 0 Å². The van der Waals surface area contributed by atoms with Crippen LogP contribution in [-0.4, -0.2) is 11.6 Å². The maximum absolute atomic E-state index is 11.3. The first kappa shape index (κ1) is 13.9. The SMILES string of the molecule is C=CCCC/C=C/CC(=O)OC(C)(C)C. The minimum atomic E-state index is -0.381. The fraction of sp³-hybridized carbons (Fsp3) is 0.615. The summed E-state index contributed by atoms with van der Waals surface area (Å²) in [7, 11) is 0. The van der Waals surface area contributed by atoms with E-state index < -0.39 is 0 Å². The molecule has 0 aliphatic carbocycles. The molecule has 0 bridgehead atoms. The number of unbranched alkanes of at least 4 members (excludes halogenated alkanes) is 2. The first-order valence-electron chi connectivity index (χ1n) is 5.43. The Kier molecular flexibility index (Phi) is 6.76. The van der Waals surface area contributed by atoms with Crippen LogP contribution in [0.25, 0.3) is 0 Å². The molecule has 0 unspecified atom stereocenters. The zero-order valence-corrected chi connectivity index (χ0v) is 10.1. The summed E-state index contributed by atoms with van der Waals surface area (Å²) in [6.07, 6.45) is 9.28. The van der Waals surface area contributed by atoms with Crippen molar-refractivity contribution in [1.29, 1.82) is 0 Å². The molecule has 0 radical (unpaired) electrons. The van der Waals surface area contributed by atoms with Gasteiger partial charge in [0, 0.05) is 0 Å². The van der Waals surface area contributed by atoms with E-state index in [2.05, 4.69) is 6.58 Å². The second-order valence-electron chi connectivity index (χ2n) is 4.48. The molecule has 2 nitrogen and oxygen atoms in total. The van der Waals surface area contributed by atoms with Crippen molar-refractivity contribution < 1.29 is 9.53 Å². The van der Waals surface area contributed by atoms with Crippen molar-refractivity contribution in [2.24, 2.45) is 0 Å². The summed E-state index contributed by atoms with van der Waals surface area (Å²) >= 11 is 0. The minimum absolute atomic E-state index is 0.164. The smallest absolute Gasteiger partial charge is 0.310 e. The molecule has 15 heavy (non-hydrogen) atoms. The number of rotatable bonds is 6. The highest BCUT2D eigenvalue weighted by atomic mass is 16.6. The van der Waals surface area contributed by atoms with Gasteiger partial charge < -0.3 is 4.74 Å². The van der Waals surface area contributed by atoms with Crippen LogP contribution in [0, 0.1) is 0 Å². The molecule has 86 valence electrons. The van der Waals surface area contributed by atoms with Gasteiger partial charge in [0.2, 0.25) is 0 Å². The third kappa shape index (κ3) is 10.9. The normalized spacial score (nSPS) is 11.7. The van der Waals surface area contributed by atoms with E-state index in [1.54, 1.807) is 0 Å². The van der Waals surface area contributed by atoms with Crippen molar-refractivity contribution in [3.05, 3.63) is 24.8 Å². The second kappa shape index (κ2) is 7.27. The van der Waals surface area contributed by atoms with Gasteiger partial charge in [-0.3, -0.25) is 4.79 Å². The first-order valence-corrected chi connectivity index (χ1v) is 5.43. The van der Waals surface area contributed by atoms with Gasteiger partial charge in [-0.05, 0) is 40.0 Å². The van der Waals surface area contributed by atoms with Crippen molar-refractivity contribution >= 4 is 5.97 Å². The monoisotopic (exact) mass is 210 g/mol. The quantitative estimate of drug-likeness (QED) is 0.380. The molecular formula is C13H22O2. The zero-order valence-electron chi connectivity index (χ0n) is 10.1. The van der Waals surface area contributed by atoms with E-state index >= 15 is 0 Å². The van der Waals surface area contributed by atoms with Gasteiger partial charge in [0.15, 0.2) is 0 Å². The summed E-state index contributed by atoms with van der Waals surface area (Å²) in [5.74, 6) is -0.164. The summed E-state index contributed by atoms with van der Waals surface area (Å²) in [6.45, 7) is 9.27. The van der Waals surface area contributed by atoms with Crippen LogP contribution in [0.4, 0.5) is 0 Å². The Balaban J connectivity index is 3.58. The lowest BCUT2D eigenvalue weighted by Gasteiger charge is -2.18. The first-order chi connectivity index (χ1) is 6.95. The van der Waals surface area contributed by atoms with E-state index in [1.807, 2.05) is 39.0 Å². The summed E-state index contributed by atoms with van der Waals surface area (Å²) in [5, 5.41) is 0. The van der Waals surface area contributed by atoms with Gasteiger partial charge in [0.25, 0.3) is 0 Å². The molecule has 0 spiro atoms. The van der Waals surface area contributed by atoms with E-state index in [-0.39, 0.29) is 11.6 Å². The van der Waals surface area contributed by atoms with Crippen molar-refractivity contribution in [3.63, 3.8) is 0 Å². The van der Waals surface area contributed by atoms with Crippen LogP contribution in [-0.2, 0) is 9.53 Å². The predicted octanol–water partition coefficient (Wildman–Crippen LogP) is 3.63. The molecule has 0 fully saturated rings. The van der Waals surface area contributed by atoms with Crippen LogP contribution in [0.3, 0.4) is 0 Å². The van der Waals surface area contributed by atoms with Crippen LogP contribution in [0.5, 0.6) is 0 Å². The van der Waals surface area contributed by atoms with Crippen molar-refractivity contribution in [3.8, 4) is 0 Å². The molecule has 0 aromatic carbocycles. The number of ether oxygens (including phenoxy) is 1. The standard InChI is InChI=1S/C13H22O2/c1-5-6-7-8-9-10-11-12(14)15-13(2,3)4/h5,9-10H,1,6-8,11H2,2-4H3/b10-9+. The van der Waals surface area contributed by atoms with E-state index in [9.17, 15) is 4.79 Å². The maximum atomic E-state index is 11.3. The highest BCUT2D eigenvalue weighted by Crippen LogP contribution is 2.08. The average Bonchev–Trinajstić information content (AvgIpc) is 2.08. The van der Waals surface area contributed by atoms with E-state index in [4.69, 9.17) is 4.74 Å². The number of esters is 1. The van der Waals surface area contributed by atoms with Crippen LogP contribution in [0.15, 0.2) is 24.8 Å². The van der Waals surface area contributed by atoms with Gasteiger partial charge in [-0.25, -0.2) is 0 Å². The van der Waals surface area contributed by atoms with Gasteiger partial charge >= 0.3 is 5.97 Å². The molecule has 0 rings (SSSR count). The molecule has 0 aromatic heterocycles. The zero-order chi connectivity index (χ0) is 11.7. The van der Waals surface area contributed by atoms with Gasteiger partial charge in [0.05, 0.1) is 6.42 Å². The lowest BCUT2D eigenvalue weighted by molar-refractivity contribution is -0.153. The average molecular weight is 210 g/mol. The fourth-order valence-corrected chi connectivity index (χ4v) is 1.06. The molecule has 0 aliphatic heterocycles. The van der Waals surface area contributed by atoms with Crippen molar-refractivity contribution in [2.75, 3.05) is 0 Å². The van der Waals surface area contributed by atoms with Gasteiger partial charge in [-0.2, -0.15) is 0 Å². The van der Waals surface area contributed by atoms with Crippen LogP contribution < -0.4 is 0 Å². The van der Waals surface area contributed by atoms with Crippen molar-refractivity contribution in [2.45, 2.75) is 52.1 Å². The molecule has 0 aromatic rings. The fourth-order valence-electron chi connectivity index (χ4n) is 1.06. The Labute approximate surface area is 93.0 Å². The number of allylic oxidation sites excluding steroid dienone is 2. The molecule has 0 saturated carbocycles. The number of carbonyl (C=O) groups is 1. The number of hydrogen-bond donors (Lipinski definition) is 0. The van der Waals surface area contributed by atoms with Gasteiger partial charge in [0.1, 0.15) is 5.60 Å². The Bertz CT molecular complexity index is 221. The third-order valence-electron chi connectivity index (χ3n) is 1.65. The Morgan fingerprint density at radius 2 is 1.93 bits per heavy atom. The lowest BCUT2D eigenvalue weighted by atomic mass is 10.2. The Morgan fingerprint density at radius 3 is 2.47 bits per heavy atom. The van der Waals surface area contributed by atoms with Crippen molar-refractivity contribution in [1.82, 2.24) is 0 Å². The highest BCUT2D eigenvalue weighted by molar-refractivity contribution is 5.71. The van der Waals surface area contributed by atoms with Crippen LogP contribution in [0.2, 0.25) is 0 Å². The largest absolute Gasteiger partial charge is 0.460 e. The molecule has 0 atom stereocenters. The Morgan fingerprint density at radius 1 is 1.27 bits per heavy atom. The number of hydrogen-bond acceptors (Lipinski definition) is 2. The molecule has 2 heteroatoms. The van der Waals surface area contributed by atoms with E-state index in [0.29, 0.717) is 6.42 Å². The second-order valence-corrected chi connectivity index (χ2v) is 4.48. The topological polar surface area (TPSA) is 26.3 Å². The molecule has 0 N–H and O–H groups in total. The van der Waals surface area contributed by atoms with Gasteiger partial charge in [-0.1, -0.05) is 18.2 Å². The highest BCUT2D eigenvalue weighted by Gasteiger charge is 2.14. The predicted molar refractivity (Wildman–Crippen MR) is 63.7 cm³/mol. The van der Waals surface area contributed by atoms with Crippen LogP contribution >= 0.6 is 0 Å². The summed E-state index contributed by atoms with van der Waals surface area (Å²) in [6, 6.07) is 0. The third-order valence-corrected chi connectivity index (χ3v) is 1.65. The summed E-state index contributed by atoms with van der Waals surface area (Å²) in [5.41, 5.74) is -0.381. The minimum Gasteiger partial charge on any atom is -0.460 e. The summed E-state index contributed by atoms with van der Waals surface area (Å²) in [4.78, 5) is 11.3. The number of carbonyl (C=O) groups excluding carboxylic acids is 1. The lowest BCUT2D eigenvalue weighted by Crippen LogP contribution is -2.23. The van der Waals surface area contributed by atoms with Crippen LogP contribution in [0.1, 0.15) is 46.5 Å². The summed E-state index contributed by atoms with van der Waals surface area (Å²) < 4.78 is 5.16.